The van der Waals surface area contributed by atoms with Gasteiger partial charge in [0.2, 0.25) is 0 Å². The molecule has 4 rings (SSSR count). The fourth-order valence-corrected chi connectivity index (χ4v) is 3.75. The minimum atomic E-state index is -1.45. The number of fused-ring (bicyclic) bond motifs is 1. The molecule has 4 aromatic rings. The zero-order chi connectivity index (χ0) is 20.4. The van der Waals surface area contributed by atoms with E-state index in [0.717, 1.165) is 40.5 Å². The first kappa shape index (κ1) is 19.3. The minimum absolute atomic E-state index is 0.319. The predicted octanol–water partition coefficient (Wildman–Crippen LogP) is 7.93. The van der Waals surface area contributed by atoms with E-state index in [2.05, 4.69) is 31.2 Å². The molecule has 0 heterocycles. The van der Waals surface area contributed by atoms with Gasteiger partial charge in [0.1, 0.15) is 0 Å². The Morgan fingerprint density at radius 3 is 1.76 bits per heavy atom. The molecule has 0 fully saturated rings. The second kappa shape index (κ2) is 8.12. The van der Waals surface area contributed by atoms with Crippen molar-refractivity contribution in [3.8, 4) is 22.3 Å². The van der Waals surface area contributed by atoms with Gasteiger partial charge in [-0.25, -0.2) is 13.2 Å². The Balaban J connectivity index is 1.82. The number of unbranched alkanes of at least 4 members (excludes halogenated alkanes) is 1. The molecule has 0 spiro atoms. The summed E-state index contributed by atoms with van der Waals surface area (Å²) < 4.78 is 40.9. The highest BCUT2D eigenvalue weighted by Crippen LogP contribution is 2.36. The zero-order valence-electron chi connectivity index (χ0n) is 16.2. The molecule has 0 aliphatic rings. The van der Waals surface area contributed by atoms with Gasteiger partial charge < -0.3 is 0 Å². The van der Waals surface area contributed by atoms with Crippen molar-refractivity contribution < 1.29 is 13.2 Å². The summed E-state index contributed by atoms with van der Waals surface area (Å²) in [7, 11) is 0. The molecule has 0 nitrogen and oxygen atoms in total. The van der Waals surface area contributed by atoms with E-state index in [9.17, 15) is 13.2 Å². The minimum Gasteiger partial charge on any atom is -0.204 e. The van der Waals surface area contributed by atoms with Crippen molar-refractivity contribution in [2.75, 3.05) is 0 Å². The molecular weight excluding hydrogens is 369 g/mol. The first-order chi connectivity index (χ1) is 14.1. The second-order valence-corrected chi connectivity index (χ2v) is 7.26. The molecular formula is C26H21F3. The van der Waals surface area contributed by atoms with Crippen LogP contribution >= 0.6 is 0 Å². The van der Waals surface area contributed by atoms with Gasteiger partial charge in [-0.05, 0) is 63.6 Å². The standard InChI is InChI=1S/C26H21F3/c1-2-3-6-17-9-11-18(12-10-17)20-13-14-21(23-8-5-4-7-22(20)23)19-15-24(27)26(29)25(28)16-19/h4-5,7-16H,2-3,6H2,1H3. The number of rotatable bonds is 5. The lowest BCUT2D eigenvalue weighted by atomic mass is 9.91. The molecule has 0 amide bonds. The van der Waals surface area contributed by atoms with Crippen molar-refractivity contribution in [2.45, 2.75) is 26.2 Å². The molecule has 0 atom stereocenters. The Hall–Kier alpha value is -3.07. The summed E-state index contributed by atoms with van der Waals surface area (Å²) in [4.78, 5) is 0. The van der Waals surface area contributed by atoms with E-state index < -0.39 is 17.5 Å². The average Bonchev–Trinajstić information content (AvgIpc) is 2.75. The lowest BCUT2D eigenvalue weighted by molar-refractivity contribution is 0.448. The van der Waals surface area contributed by atoms with Crippen molar-refractivity contribution in [1.82, 2.24) is 0 Å². The van der Waals surface area contributed by atoms with Crippen molar-refractivity contribution in [3.05, 3.63) is 95.8 Å². The summed E-state index contributed by atoms with van der Waals surface area (Å²) in [5.74, 6) is -3.82. The van der Waals surface area contributed by atoms with Crippen LogP contribution in [0.3, 0.4) is 0 Å². The van der Waals surface area contributed by atoms with Gasteiger partial charge in [-0.2, -0.15) is 0 Å². The van der Waals surface area contributed by atoms with Gasteiger partial charge >= 0.3 is 0 Å². The third-order valence-corrected chi connectivity index (χ3v) is 5.30. The highest BCUT2D eigenvalue weighted by Gasteiger charge is 2.14. The summed E-state index contributed by atoms with van der Waals surface area (Å²) in [5.41, 5.74) is 4.44. The van der Waals surface area contributed by atoms with E-state index in [-0.39, 0.29) is 0 Å². The molecule has 29 heavy (non-hydrogen) atoms. The Morgan fingerprint density at radius 1 is 0.655 bits per heavy atom. The number of hydrogen-bond acceptors (Lipinski definition) is 0. The molecule has 0 saturated carbocycles. The third-order valence-electron chi connectivity index (χ3n) is 5.30. The number of aryl methyl sites for hydroxylation is 1. The van der Waals surface area contributed by atoms with E-state index in [1.54, 1.807) is 0 Å². The molecule has 0 unspecified atom stereocenters. The monoisotopic (exact) mass is 390 g/mol. The lowest BCUT2D eigenvalue weighted by Crippen LogP contribution is -1.93. The Morgan fingerprint density at radius 2 is 1.21 bits per heavy atom. The van der Waals surface area contributed by atoms with Gasteiger partial charge in [0.05, 0.1) is 0 Å². The van der Waals surface area contributed by atoms with Crippen LogP contribution in [-0.4, -0.2) is 0 Å². The smallest absolute Gasteiger partial charge is 0.194 e. The summed E-state index contributed by atoms with van der Waals surface area (Å²) in [6.45, 7) is 2.18. The number of benzene rings is 4. The summed E-state index contributed by atoms with van der Waals surface area (Å²) in [6.07, 6.45) is 3.40. The van der Waals surface area contributed by atoms with Crippen molar-refractivity contribution >= 4 is 10.8 Å². The van der Waals surface area contributed by atoms with Crippen LogP contribution in [0.15, 0.2) is 72.8 Å². The molecule has 0 aliphatic heterocycles. The van der Waals surface area contributed by atoms with Gasteiger partial charge in [-0.1, -0.05) is 74.0 Å². The van der Waals surface area contributed by atoms with Crippen LogP contribution in [0.2, 0.25) is 0 Å². The normalized spacial score (nSPS) is 11.2. The van der Waals surface area contributed by atoms with E-state index >= 15 is 0 Å². The van der Waals surface area contributed by atoms with E-state index in [0.29, 0.717) is 11.1 Å². The number of halogens is 3. The predicted molar refractivity (Wildman–Crippen MR) is 113 cm³/mol. The highest BCUT2D eigenvalue weighted by molar-refractivity contribution is 6.04. The highest BCUT2D eigenvalue weighted by atomic mass is 19.2. The lowest BCUT2D eigenvalue weighted by Gasteiger charge is -2.13. The average molecular weight is 390 g/mol. The van der Waals surface area contributed by atoms with Crippen LogP contribution < -0.4 is 0 Å². The van der Waals surface area contributed by atoms with Crippen molar-refractivity contribution in [1.29, 1.82) is 0 Å². The Labute approximate surface area is 168 Å². The molecule has 3 heteroatoms. The maximum atomic E-state index is 13.8. The maximum absolute atomic E-state index is 13.8. The van der Waals surface area contributed by atoms with Gasteiger partial charge in [0, 0.05) is 0 Å². The van der Waals surface area contributed by atoms with Gasteiger partial charge in [0.25, 0.3) is 0 Å². The molecule has 4 aromatic carbocycles. The first-order valence-corrected chi connectivity index (χ1v) is 9.84. The quantitative estimate of drug-likeness (QED) is 0.303. The van der Waals surface area contributed by atoms with Crippen LogP contribution in [0, 0.1) is 17.5 Å². The molecule has 0 bridgehead atoms. The first-order valence-electron chi connectivity index (χ1n) is 9.84. The molecule has 146 valence electrons. The second-order valence-electron chi connectivity index (χ2n) is 7.26. The molecule has 0 aliphatic carbocycles. The fraction of sp³-hybridized carbons (Fsp3) is 0.154. The fourth-order valence-electron chi connectivity index (χ4n) is 3.75. The summed E-state index contributed by atoms with van der Waals surface area (Å²) in [5, 5.41) is 1.85. The van der Waals surface area contributed by atoms with Crippen LogP contribution in [0.5, 0.6) is 0 Å². The molecule has 0 N–H and O–H groups in total. The van der Waals surface area contributed by atoms with Crippen LogP contribution in [0.1, 0.15) is 25.3 Å². The number of hydrogen-bond donors (Lipinski definition) is 0. The molecule has 0 radical (unpaired) electrons. The van der Waals surface area contributed by atoms with Crippen molar-refractivity contribution in [3.63, 3.8) is 0 Å². The molecule has 0 aromatic heterocycles. The Kier molecular flexibility index (Phi) is 5.39. The van der Waals surface area contributed by atoms with Crippen LogP contribution in [-0.2, 0) is 6.42 Å². The SMILES string of the molecule is CCCCc1ccc(-c2ccc(-c3cc(F)c(F)c(F)c3)c3ccccc23)cc1. The zero-order valence-corrected chi connectivity index (χ0v) is 16.2. The van der Waals surface area contributed by atoms with Crippen LogP contribution in [0.25, 0.3) is 33.0 Å². The summed E-state index contributed by atoms with van der Waals surface area (Å²) in [6, 6.07) is 22.2. The van der Waals surface area contributed by atoms with E-state index in [1.807, 2.05) is 36.4 Å². The largest absolute Gasteiger partial charge is 0.204 e. The van der Waals surface area contributed by atoms with E-state index in [4.69, 9.17) is 0 Å². The maximum Gasteiger partial charge on any atom is 0.194 e. The van der Waals surface area contributed by atoms with Gasteiger partial charge in [-0.15, -0.1) is 0 Å². The van der Waals surface area contributed by atoms with Crippen molar-refractivity contribution in [2.24, 2.45) is 0 Å². The van der Waals surface area contributed by atoms with Gasteiger partial charge in [0.15, 0.2) is 17.5 Å². The third kappa shape index (κ3) is 3.77. The van der Waals surface area contributed by atoms with E-state index in [1.165, 1.54) is 18.4 Å². The Bertz CT molecular complexity index is 1140. The van der Waals surface area contributed by atoms with Crippen LogP contribution in [0.4, 0.5) is 13.2 Å². The van der Waals surface area contributed by atoms with Gasteiger partial charge in [-0.3, -0.25) is 0 Å². The molecule has 0 saturated heterocycles. The topological polar surface area (TPSA) is 0 Å². The summed E-state index contributed by atoms with van der Waals surface area (Å²) >= 11 is 0.